The van der Waals surface area contributed by atoms with Gasteiger partial charge in [0.05, 0.1) is 18.1 Å². The van der Waals surface area contributed by atoms with Crippen molar-refractivity contribution in [1.82, 2.24) is 4.98 Å². The van der Waals surface area contributed by atoms with Crippen LogP contribution < -0.4 is 4.72 Å². The normalized spacial score (nSPS) is 11.6. The molecule has 1 aromatic heterocycles. The lowest BCUT2D eigenvalue weighted by atomic mass is 10.1. The maximum atomic E-state index is 12.1. The minimum Gasteiger partial charge on any atom is -0.392 e. The largest absolute Gasteiger partial charge is 0.392 e. The number of rotatable bonds is 5. The number of nitrogens with zero attached hydrogens (tertiary/aromatic N) is 1. The van der Waals surface area contributed by atoms with Gasteiger partial charge in [-0.05, 0) is 25.0 Å². The Morgan fingerprint density at radius 1 is 1.30 bits per heavy atom. The van der Waals surface area contributed by atoms with Gasteiger partial charge in [-0.15, -0.1) is 11.3 Å². The van der Waals surface area contributed by atoms with Crippen LogP contribution in [0.2, 0.25) is 0 Å². The molecule has 20 heavy (non-hydrogen) atoms. The van der Waals surface area contributed by atoms with Crippen LogP contribution in [0.5, 0.6) is 0 Å². The maximum Gasteiger partial charge on any atom is 0.238 e. The molecule has 1 aromatic carbocycles. The van der Waals surface area contributed by atoms with Crippen molar-refractivity contribution in [3.63, 3.8) is 0 Å². The van der Waals surface area contributed by atoms with E-state index in [4.69, 9.17) is 5.11 Å². The van der Waals surface area contributed by atoms with E-state index in [0.29, 0.717) is 16.3 Å². The van der Waals surface area contributed by atoms with Gasteiger partial charge in [0.25, 0.3) is 0 Å². The molecular formula is C13H16N2O3S2. The Morgan fingerprint density at radius 2 is 2.00 bits per heavy atom. The highest BCUT2D eigenvalue weighted by molar-refractivity contribution is 7.92. The van der Waals surface area contributed by atoms with Crippen LogP contribution in [0, 0.1) is 13.8 Å². The van der Waals surface area contributed by atoms with Crippen LogP contribution in [0.15, 0.2) is 24.3 Å². The average molecular weight is 312 g/mol. The van der Waals surface area contributed by atoms with Crippen LogP contribution in [0.25, 0.3) is 0 Å². The van der Waals surface area contributed by atoms with Gasteiger partial charge >= 0.3 is 0 Å². The molecule has 7 heteroatoms. The third-order valence-electron chi connectivity index (χ3n) is 2.80. The minimum absolute atomic E-state index is 0.105. The van der Waals surface area contributed by atoms with Crippen molar-refractivity contribution in [3.8, 4) is 0 Å². The Balaban J connectivity index is 2.14. The lowest BCUT2D eigenvalue weighted by Crippen LogP contribution is -2.15. The zero-order valence-electron chi connectivity index (χ0n) is 11.3. The van der Waals surface area contributed by atoms with Gasteiger partial charge in [-0.3, -0.25) is 4.72 Å². The van der Waals surface area contributed by atoms with Gasteiger partial charge in [0.15, 0.2) is 5.13 Å². The third kappa shape index (κ3) is 3.78. The molecular weight excluding hydrogens is 296 g/mol. The number of benzene rings is 1. The van der Waals surface area contributed by atoms with Gasteiger partial charge in [0.1, 0.15) is 0 Å². The Labute approximate surface area is 122 Å². The smallest absolute Gasteiger partial charge is 0.238 e. The molecule has 2 rings (SSSR count). The van der Waals surface area contributed by atoms with E-state index in [1.807, 2.05) is 13.8 Å². The highest BCUT2D eigenvalue weighted by atomic mass is 32.2. The van der Waals surface area contributed by atoms with Crippen molar-refractivity contribution < 1.29 is 13.5 Å². The molecule has 2 aromatic rings. The van der Waals surface area contributed by atoms with E-state index in [1.54, 1.807) is 24.3 Å². The van der Waals surface area contributed by atoms with Gasteiger partial charge in [-0.25, -0.2) is 13.4 Å². The predicted octanol–water partition coefficient (Wildman–Crippen LogP) is 2.19. The van der Waals surface area contributed by atoms with Crippen LogP contribution in [0.3, 0.4) is 0 Å². The summed E-state index contributed by atoms with van der Waals surface area (Å²) in [6.45, 7) is 3.63. The minimum atomic E-state index is -3.50. The standard InChI is InChI=1S/C13H16N2O3S2/c1-9-10(2)19-13(14-9)15-20(17,18)8-12-5-3-4-11(6-12)7-16/h3-6,16H,7-8H2,1-2H3,(H,14,15). The molecule has 0 aliphatic heterocycles. The molecule has 1 heterocycles. The SMILES string of the molecule is Cc1nc(NS(=O)(=O)Cc2cccc(CO)c2)sc1C. The van der Waals surface area contributed by atoms with Crippen molar-refractivity contribution in [2.45, 2.75) is 26.2 Å². The number of anilines is 1. The van der Waals surface area contributed by atoms with Crippen molar-refractivity contribution in [2.24, 2.45) is 0 Å². The van der Waals surface area contributed by atoms with E-state index in [2.05, 4.69) is 9.71 Å². The Bertz CT molecular complexity index is 689. The molecule has 5 nitrogen and oxygen atoms in total. The second-order valence-corrected chi connectivity index (χ2v) is 7.43. The Morgan fingerprint density at radius 3 is 2.60 bits per heavy atom. The summed E-state index contributed by atoms with van der Waals surface area (Å²) in [6.07, 6.45) is 0. The fourth-order valence-corrected chi connectivity index (χ4v) is 3.94. The van der Waals surface area contributed by atoms with Crippen molar-refractivity contribution >= 4 is 26.5 Å². The topological polar surface area (TPSA) is 79.3 Å². The molecule has 0 amide bonds. The summed E-state index contributed by atoms with van der Waals surface area (Å²) in [5.41, 5.74) is 2.16. The van der Waals surface area contributed by atoms with Crippen LogP contribution >= 0.6 is 11.3 Å². The average Bonchev–Trinajstić information content (AvgIpc) is 2.66. The monoisotopic (exact) mass is 312 g/mol. The number of thiazole rings is 1. The summed E-state index contributed by atoms with van der Waals surface area (Å²) >= 11 is 1.32. The zero-order valence-corrected chi connectivity index (χ0v) is 12.9. The van der Waals surface area contributed by atoms with Crippen LogP contribution in [0.1, 0.15) is 21.7 Å². The fraction of sp³-hybridized carbons (Fsp3) is 0.308. The maximum absolute atomic E-state index is 12.1. The van der Waals surface area contributed by atoms with Crippen LogP contribution in [-0.2, 0) is 22.4 Å². The number of aromatic nitrogens is 1. The molecule has 2 N–H and O–H groups in total. The molecule has 0 saturated heterocycles. The van der Waals surface area contributed by atoms with Gasteiger partial charge in [0.2, 0.25) is 10.0 Å². The fourth-order valence-electron chi connectivity index (χ4n) is 1.72. The van der Waals surface area contributed by atoms with Gasteiger partial charge in [0, 0.05) is 4.88 Å². The Hall–Kier alpha value is -1.44. The summed E-state index contributed by atoms with van der Waals surface area (Å²) < 4.78 is 26.6. The molecule has 0 aliphatic carbocycles. The van der Waals surface area contributed by atoms with Gasteiger partial charge in [-0.1, -0.05) is 24.3 Å². The first-order valence-corrected chi connectivity index (χ1v) is 8.50. The number of aryl methyl sites for hydroxylation is 2. The summed E-state index contributed by atoms with van der Waals surface area (Å²) in [4.78, 5) is 5.15. The van der Waals surface area contributed by atoms with Crippen molar-refractivity contribution in [1.29, 1.82) is 0 Å². The van der Waals surface area contributed by atoms with E-state index >= 15 is 0 Å². The molecule has 0 aliphatic rings. The van der Waals surface area contributed by atoms with Crippen molar-refractivity contribution in [2.75, 3.05) is 4.72 Å². The van der Waals surface area contributed by atoms with Crippen LogP contribution in [-0.4, -0.2) is 18.5 Å². The quantitative estimate of drug-likeness (QED) is 0.887. The summed E-state index contributed by atoms with van der Waals surface area (Å²) in [7, 11) is -3.50. The highest BCUT2D eigenvalue weighted by Gasteiger charge is 2.15. The van der Waals surface area contributed by atoms with Crippen LogP contribution in [0.4, 0.5) is 5.13 Å². The first-order chi connectivity index (χ1) is 9.39. The molecule has 0 unspecified atom stereocenters. The molecule has 0 spiro atoms. The number of hydrogen-bond acceptors (Lipinski definition) is 5. The number of aliphatic hydroxyl groups excluding tert-OH is 1. The zero-order chi connectivity index (χ0) is 14.8. The van der Waals surface area contributed by atoms with Gasteiger partial charge < -0.3 is 5.11 Å². The summed E-state index contributed by atoms with van der Waals surface area (Å²) in [5.74, 6) is -0.140. The van der Waals surface area contributed by atoms with E-state index in [9.17, 15) is 8.42 Å². The molecule has 108 valence electrons. The van der Waals surface area contributed by atoms with E-state index in [1.165, 1.54) is 11.3 Å². The first-order valence-electron chi connectivity index (χ1n) is 6.03. The lowest BCUT2D eigenvalue weighted by molar-refractivity contribution is 0.282. The second kappa shape index (κ2) is 5.90. The van der Waals surface area contributed by atoms with E-state index in [0.717, 1.165) is 10.6 Å². The highest BCUT2D eigenvalue weighted by Crippen LogP contribution is 2.23. The van der Waals surface area contributed by atoms with E-state index in [-0.39, 0.29) is 12.4 Å². The number of aliphatic hydroxyl groups is 1. The molecule has 0 atom stereocenters. The van der Waals surface area contributed by atoms with E-state index < -0.39 is 10.0 Å². The van der Waals surface area contributed by atoms with Crippen molar-refractivity contribution in [3.05, 3.63) is 46.0 Å². The molecule has 0 saturated carbocycles. The summed E-state index contributed by atoms with van der Waals surface area (Å²) in [6, 6.07) is 6.87. The Kier molecular flexibility index (Phi) is 4.42. The lowest BCUT2D eigenvalue weighted by Gasteiger charge is -2.06. The van der Waals surface area contributed by atoms with Gasteiger partial charge in [-0.2, -0.15) is 0 Å². The number of nitrogens with one attached hydrogen (secondary N) is 1. The number of sulfonamides is 1. The molecule has 0 bridgehead atoms. The summed E-state index contributed by atoms with van der Waals surface area (Å²) in [5, 5.41) is 9.44. The molecule has 0 radical (unpaired) electrons. The first kappa shape index (κ1) is 15.0. The third-order valence-corrected chi connectivity index (χ3v) is 5.14. The number of hydrogen-bond donors (Lipinski definition) is 2. The molecule has 0 fully saturated rings. The predicted molar refractivity (Wildman–Crippen MR) is 80.2 cm³/mol. The second-order valence-electron chi connectivity index (χ2n) is 4.50.